The van der Waals surface area contributed by atoms with Crippen LogP contribution in [0.1, 0.15) is 41.9 Å². The van der Waals surface area contributed by atoms with Gasteiger partial charge in [0.1, 0.15) is 0 Å². The van der Waals surface area contributed by atoms with Gasteiger partial charge in [-0.1, -0.05) is 41.4 Å². The number of benzene rings is 1. The summed E-state index contributed by atoms with van der Waals surface area (Å²) in [4.78, 5) is 31.9. The summed E-state index contributed by atoms with van der Waals surface area (Å²) in [5.41, 5.74) is 5.21. The quantitative estimate of drug-likeness (QED) is 0.604. The first-order valence-electron chi connectivity index (χ1n) is 10.9. The second-order valence-corrected chi connectivity index (χ2v) is 9.02. The minimum atomic E-state index is -0.0490. The summed E-state index contributed by atoms with van der Waals surface area (Å²) < 4.78 is 0. The zero-order valence-electron chi connectivity index (χ0n) is 17.6. The molecule has 32 heavy (non-hydrogen) atoms. The van der Waals surface area contributed by atoms with Crippen molar-refractivity contribution in [2.24, 2.45) is 4.99 Å². The molecule has 164 valence electrons. The highest BCUT2D eigenvalue weighted by Gasteiger charge is 2.23. The smallest absolute Gasteiger partial charge is 0.255 e. The van der Waals surface area contributed by atoms with Crippen molar-refractivity contribution >= 4 is 28.9 Å². The van der Waals surface area contributed by atoms with E-state index in [0.717, 1.165) is 72.6 Å². The van der Waals surface area contributed by atoms with Gasteiger partial charge in [0.15, 0.2) is 5.82 Å². The Hall–Kier alpha value is -2.54. The van der Waals surface area contributed by atoms with Crippen molar-refractivity contribution in [2.75, 3.05) is 13.1 Å². The van der Waals surface area contributed by atoms with Crippen LogP contribution in [-0.2, 0) is 19.5 Å². The van der Waals surface area contributed by atoms with Gasteiger partial charge in [0.2, 0.25) is 0 Å². The molecule has 8 heteroatoms. The third kappa shape index (κ3) is 4.35. The number of hydrogen-bond acceptors (Lipinski definition) is 5. The lowest BCUT2D eigenvalue weighted by Crippen LogP contribution is -2.36. The minimum Gasteiger partial charge on any atom is -0.305 e. The van der Waals surface area contributed by atoms with Crippen LogP contribution in [0.2, 0.25) is 10.0 Å². The van der Waals surface area contributed by atoms with E-state index in [1.807, 2.05) is 30.5 Å². The van der Waals surface area contributed by atoms with Crippen molar-refractivity contribution in [3.8, 4) is 11.3 Å². The van der Waals surface area contributed by atoms with Crippen LogP contribution in [0.15, 0.2) is 46.3 Å². The SMILES string of the molecule is O=c1[nH]c(C2=NCCCC2)nc2c1CN(Cc1ccc(-c3cccc(Cl)c3Cl)nc1)CC2. The van der Waals surface area contributed by atoms with Gasteiger partial charge in [0, 0.05) is 44.4 Å². The Bertz CT molecular complexity index is 1240. The summed E-state index contributed by atoms with van der Waals surface area (Å²) in [5, 5.41) is 1.02. The number of halogens is 2. The van der Waals surface area contributed by atoms with Crippen molar-refractivity contribution in [1.29, 1.82) is 0 Å². The number of nitrogens with zero attached hydrogens (tertiary/aromatic N) is 4. The van der Waals surface area contributed by atoms with Crippen molar-refractivity contribution < 1.29 is 0 Å². The van der Waals surface area contributed by atoms with Gasteiger partial charge in [-0.2, -0.15) is 0 Å². The maximum atomic E-state index is 12.8. The predicted molar refractivity (Wildman–Crippen MR) is 128 cm³/mol. The number of aromatic amines is 1. The van der Waals surface area contributed by atoms with Gasteiger partial charge in [-0.3, -0.25) is 19.7 Å². The molecule has 0 unspecified atom stereocenters. The number of pyridine rings is 1. The average Bonchev–Trinajstić information content (AvgIpc) is 2.82. The number of aliphatic imine (C=N–C) groups is 1. The lowest BCUT2D eigenvalue weighted by molar-refractivity contribution is 0.241. The fourth-order valence-corrected chi connectivity index (χ4v) is 4.68. The molecule has 0 bridgehead atoms. The summed E-state index contributed by atoms with van der Waals surface area (Å²) in [7, 11) is 0. The van der Waals surface area contributed by atoms with Gasteiger partial charge >= 0.3 is 0 Å². The molecule has 2 aliphatic heterocycles. The van der Waals surface area contributed by atoms with Crippen LogP contribution in [0.3, 0.4) is 0 Å². The molecule has 2 aliphatic rings. The molecule has 2 aromatic heterocycles. The molecular formula is C24H23Cl2N5O. The Kier molecular flexibility index (Phi) is 6.09. The van der Waals surface area contributed by atoms with Crippen LogP contribution in [0, 0.1) is 0 Å². The van der Waals surface area contributed by atoms with E-state index in [2.05, 4.69) is 19.9 Å². The average molecular weight is 468 g/mol. The highest BCUT2D eigenvalue weighted by Crippen LogP contribution is 2.32. The van der Waals surface area contributed by atoms with Gasteiger partial charge in [-0.05, 0) is 37.0 Å². The zero-order chi connectivity index (χ0) is 22.1. The van der Waals surface area contributed by atoms with E-state index < -0.39 is 0 Å². The molecule has 0 saturated heterocycles. The summed E-state index contributed by atoms with van der Waals surface area (Å²) in [6.07, 6.45) is 5.70. The standard InChI is InChI=1S/C24H23Cl2N5O/c25-18-5-3-4-16(22(18)26)19-8-7-15(12-28-19)13-31-11-9-20-17(14-31)24(32)30-23(29-20)21-6-1-2-10-27-21/h3-5,7-8,12H,1-2,6,9-11,13-14H2,(H,29,30,32). The van der Waals surface area contributed by atoms with E-state index in [1.54, 1.807) is 6.07 Å². The van der Waals surface area contributed by atoms with E-state index in [9.17, 15) is 4.79 Å². The molecule has 0 amide bonds. The van der Waals surface area contributed by atoms with E-state index in [4.69, 9.17) is 28.2 Å². The Morgan fingerprint density at radius 2 is 2.00 bits per heavy atom. The van der Waals surface area contributed by atoms with Crippen LogP contribution in [0.4, 0.5) is 0 Å². The third-order valence-electron chi connectivity index (χ3n) is 6.00. The van der Waals surface area contributed by atoms with Gasteiger partial charge in [0.05, 0.1) is 32.7 Å². The Balaban J connectivity index is 1.31. The summed E-state index contributed by atoms with van der Waals surface area (Å²) in [6, 6.07) is 9.53. The maximum Gasteiger partial charge on any atom is 0.255 e. The van der Waals surface area contributed by atoms with Gasteiger partial charge in [0.25, 0.3) is 5.56 Å². The molecule has 0 atom stereocenters. The van der Waals surface area contributed by atoms with E-state index >= 15 is 0 Å². The first kappa shape index (κ1) is 21.3. The van der Waals surface area contributed by atoms with Crippen LogP contribution in [0.25, 0.3) is 11.3 Å². The number of fused-ring (bicyclic) bond motifs is 1. The summed E-state index contributed by atoms with van der Waals surface area (Å²) in [5.74, 6) is 0.654. The van der Waals surface area contributed by atoms with Crippen LogP contribution in [0.5, 0.6) is 0 Å². The molecule has 5 rings (SSSR count). The van der Waals surface area contributed by atoms with Crippen LogP contribution in [-0.4, -0.2) is 38.7 Å². The first-order chi connectivity index (χ1) is 15.6. The van der Waals surface area contributed by atoms with Crippen LogP contribution >= 0.6 is 23.2 Å². The third-order valence-corrected chi connectivity index (χ3v) is 6.82. The zero-order valence-corrected chi connectivity index (χ0v) is 19.1. The van der Waals surface area contributed by atoms with Crippen LogP contribution < -0.4 is 5.56 Å². The van der Waals surface area contributed by atoms with E-state index in [0.29, 0.717) is 29.0 Å². The van der Waals surface area contributed by atoms with Gasteiger partial charge in [-0.25, -0.2) is 4.98 Å². The molecule has 0 spiro atoms. The highest BCUT2D eigenvalue weighted by atomic mass is 35.5. The molecule has 0 aliphatic carbocycles. The topological polar surface area (TPSA) is 74.2 Å². The van der Waals surface area contributed by atoms with Gasteiger partial charge in [-0.15, -0.1) is 0 Å². The molecule has 0 fully saturated rings. The molecule has 3 aromatic rings. The monoisotopic (exact) mass is 467 g/mol. The minimum absolute atomic E-state index is 0.0490. The molecule has 1 aromatic carbocycles. The highest BCUT2D eigenvalue weighted by molar-refractivity contribution is 6.43. The van der Waals surface area contributed by atoms with E-state index in [-0.39, 0.29) is 5.56 Å². The second kappa shape index (κ2) is 9.14. The number of nitrogens with one attached hydrogen (secondary N) is 1. The second-order valence-electron chi connectivity index (χ2n) is 8.24. The number of hydrogen-bond donors (Lipinski definition) is 1. The van der Waals surface area contributed by atoms with Crippen molar-refractivity contribution in [3.63, 3.8) is 0 Å². The molecule has 4 heterocycles. The number of aromatic nitrogens is 3. The first-order valence-corrected chi connectivity index (χ1v) is 11.6. The number of rotatable bonds is 4. The summed E-state index contributed by atoms with van der Waals surface area (Å²) >= 11 is 12.4. The summed E-state index contributed by atoms with van der Waals surface area (Å²) in [6.45, 7) is 2.95. The van der Waals surface area contributed by atoms with Crippen molar-refractivity contribution in [1.82, 2.24) is 19.9 Å². The molecular weight excluding hydrogens is 445 g/mol. The largest absolute Gasteiger partial charge is 0.305 e. The fraction of sp³-hybridized carbons (Fsp3) is 0.333. The Morgan fingerprint density at radius 3 is 2.78 bits per heavy atom. The van der Waals surface area contributed by atoms with Crippen molar-refractivity contribution in [3.05, 3.63) is 79.6 Å². The fourth-order valence-electron chi connectivity index (χ4n) is 4.28. The lowest BCUT2D eigenvalue weighted by atomic mass is 10.0. The Labute approximate surface area is 196 Å². The normalized spacial score (nSPS) is 16.5. The van der Waals surface area contributed by atoms with Crippen molar-refractivity contribution in [2.45, 2.75) is 38.8 Å². The van der Waals surface area contributed by atoms with E-state index in [1.165, 1.54) is 0 Å². The number of H-pyrrole nitrogens is 1. The maximum absolute atomic E-state index is 12.8. The molecule has 1 N–H and O–H groups in total. The lowest BCUT2D eigenvalue weighted by Gasteiger charge is -2.27. The molecule has 6 nitrogen and oxygen atoms in total. The molecule has 0 radical (unpaired) electrons. The molecule has 0 saturated carbocycles. The predicted octanol–water partition coefficient (Wildman–Crippen LogP) is 4.67. The Morgan fingerprint density at radius 1 is 1.09 bits per heavy atom. The van der Waals surface area contributed by atoms with Gasteiger partial charge < -0.3 is 4.98 Å².